The molecule has 0 aliphatic heterocycles. The number of benzene rings is 2. The number of hydrogen-bond donors (Lipinski definition) is 0. The third-order valence-electron chi connectivity index (χ3n) is 5.05. The lowest BCUT2D eigenvalue weighted by molar-refractivity contribution is -0.660. The molecule has 26 heavy (non-hydrogen) atoms. The molecular formula is C23H21N2O+. The Bertz CT molecular complexity index is 1190. The highest BCUT2D eigenvalue weighted by Crippen LogP contribution is 2.41. The molecular weight excluding hydrogens is 320 g/mol. The van der Waals surface area contributed by atoms with Crippen molar-refractivity contribution in [2.45, 2.75) is 26.7 Å². The van der Waals surface area contributed by atoms with E-state index < -0.39 is 0 Å². The highest BCUT2D eigenvalue weighted by Gasteiger charge is 2.21. The van der Waals surface area contributed by atoms with Gasteiger partial charge in [-0.3, -0.25) is 0 Å². The van der Waals surface area contributed by atoms with E-state index in [1.807, 2.05) is 24.3 Å². The molecule has 2 aromatic heterocycles. The average molecular weight is 341 g/mol. The number of furan rings is 1. The molecule has 2 heterocycles. The van der Waals surface area contributed by atoms with E-state index in [9.17, 15) is 0 Å². The quantitative estimate of drug-likeness (QED) is 0.321. The molecule has 0 radical (unpaired) electrons. The summed E-state index contributed by atoms with van der Waals surface area (Å²) in [6.45, 7) is 13.9. The van der Waals surface area contributed by atoms with Gasteiger partial charge in [0.1, 0.15) is 18.2 Å². The van der Waals surface area contributed by atoms with Gasteiger partial charge >= 0.3 is 0 Å². The van der Waals surface area contributed by atoms with Crippen molar-refractivity contribution in [3.05, 3.63) is 71.2 Å². The van der Waals surface area contributed by atoms with Gasteiger partial charge in [-0.05, 0) is 48.2 Å². The second-order valence-electron chi connectivity index (χ2n) is 7.10. The molecule has 0 bridgehead atoms. The fourth-order valence-corrected chi connectivity index (χ4v) is 3.69. The normalized spacial score (nSPS) is 11.4. The summed E-state index contributed by atoms with van der Waals surface area (Å²) in [5, 5.41) is 2.10. The van der Waals surface area contributed by atoms with Crippen LogP contribution in [0.4, 0.5) is 5.69 Å². The molecule has 3 nitrogen and oxygen atoms in total. The zero-order chi connectivity index (χ0) is 18.4. The average Bonchev–Trinajstić information content (AvgIpc) is 2.99. The van der Waals surface area contributed by atoms with E-state index in [-0.39, 0.29) is 5.92 Å². The molecule has 4 rings (SSSR count). The highest BCUT2D eigenvalue weighted by atomic mass is 16.3. The molecule has 0 amide bonds. The van der Waals surface area contributed by atoms with Gasteiger partial charge < -0.3 is 4.42 Å². The molecule has 0 N–H and O–H groups in total. The highest BCUT2D eigenvalue weighted by molar-refractivity contribution is 6.13. The van der Waals surface area contributed by atoms with E-state index in [1.54, 1.807) is 0 Å². The fourth-order valence-electron chi connectivity index (χ4n) is 3.69. The van der Waals surface area contributed by atoms with Crippen molar-refractivity contribution in [2.75, 3.05) is 0 Å². The smallest absolute Gasteiger partial charge is 0.213 e. The molecule has 0 saturated carbocycles. The van der Waals surface area contributed by atoms with Crippen molar-refractivity contribution < 1.29 is 8.98 Å². The Morgan fingerprint density at radius 2 is 1.88 bits per heavy atom. The first kappa shape index (κ1) is 16.4. The van der Waals surface area contributed by atoms with Crippen LogP contribution < -0.4 is 4.57 Å². The van der Waals surface area contributed by atoms with Crippen LogP contribution in [0.15, 0.2) is 53.1 Å². The van der Waals surface area contributed by atoms with E-state index in [4.69, 9.17) is 11.0 Å². The summed E-state index contributed by atoms with van der Waals surface area (Å²) >= 11 is 0. The van der Waals surface area contributed by atoms with Gasteiger partial charge in [0.2, 0.25) is 5.69 Å². The monoisotopic (exact) mass is 341 g/mol. The van der Waals surface area contributed by atoms with Gasteiger partial charge in [-0.2, -0.15) is 0 Å². The molecule has 0 atom stereocenters. The van der Waals surface area contributed by atoms with Crippen molar-refractivity contribution in [1.82, 2.24) is 0 Å². The first-order valence-electron chi connectivity index (χ1n) is 8.83. The van der Waals surface area contributed by atoms with Crippen LogP contribution in [0.3, 0.4) is 0 Å². The summed E-state index contributed by atoms with van der Waals surface area (Å²) < 4.78 is 8.31. The lowest BCUT2D eigenvalue weighted by Gasteiger charge is -2.08. The molecule has 2 aromatic carbocycles. The van der Waals surface area contributed by atoms with Gasteiger partial charge in [0, 0.05) is 22.9 Å². The number of aromatic nitrogens is 1. The van der Waals surface area contributed by atoms with Gasteiger partial charge in [0.05, 0.1) is 12.1 Å². The van der Waals surface area contributed by atoms with Gasteiger partial charge in [0.25, 0.3) is 0 Å². The summed E-state index contributed by atoms with van der Waals surface area (Å²) in [5.41, 5.74) is 6.95. The molecule has 0 unspecified atom stereocenters. The predicted octanol–water partition coefficient (Wildman–Crippen LogP) is 6.06. The Kier molecular flexibility index (Phi) is 3.77. The second-order valence-corrected chi connectivity index (χ2v) is 7.10. The summed E-state index contributed by atoms with van der Waals surface area (Å²) in [6.07, 6.45) is 2.05. The predicted molar refractivity (Wildman–Crippen MR) is 105 cm³/mol. The number of nitrogens with zero attached hydrogens (tertiary/aromatic N) is 2. The lowest BCUT2D eigenvalue weighted by Crippen LogP contribution is -2.30. The van der Waals surface area contributed by atoms with Crippen molar-refractivity contribution in [3.63, 3.8) is 0 Å². The Morgan fingerprint density at radius 1 is 1.08 bits per heavy atom. The summed E-state index contributed by atoms with van der Waals surface area (Å²) in [7, 11) is 2.05. The summed E-state index contributed by atoms with van der Waals surface area (Å²) in [4.78, 5) is 3.77. The summed E-state index contributed by atoms with van der Waals surface area (Å²) in [5.74, 6) is 0.282. The van der Waals surface area contributed by atoms with Gasteiger partial charge in [-0.25, -0.2) is 9.41 Å². The lowest BCUT2D eigenvalue weighted by atomic mass is 9.95. The Morgan fingerprint density at radius 3 is 2.58 bits per heavy atom. The van der Waals surface area contributed by atoms with Crippen LogP contribution in [0.2, 0.25) is 0 Å². The number of aryl methyl sites for hydroxylation is 2. The minimum absolute atomic E-state index is 0.282. The Hall–Kier alpha value is -3.12. The van der Waals surface area contributed by atoms with Crippen molar-refractivity contribution in [1.29, 1.82) is 0 Å². The van der Waals surface area contributed by atoms with E-state index in [0.29, 0.717) is 5.69 Å². The van der Waals surface area contributed by atoms with Crippen LogP contribution in [-0.2, 0) is 7.05 Å². The fraction of sp³-hybridized carbons (Fsp3) is 0.217. The van der Waals surface area contributed by atoms with E-state index in [1.165, 1.54) is 5.56 Å². The van der Waals surface area contributed by atoms with Crippen LogP contribution in [-0.4, -0.2) is 0 Å². The Labute approximate surface area is 153 Å². The maximum absolute atomic E-state index is 7.60. The molecule has 0 aliphatic rings. The van der Waals surface area contributed by atoms with E-state index in [2.05, 4.69) is 61.6 Å². The topological polar surface area (TPSA) is 21.4 Å². The SMILES string of the molecule is [C-]#[N+]c1cc2c(cc1C(C)C)oc1ccc(C)c(-c3cccc[n+]3C)c12. The number of pyridine rings is 1. The molecule has 4 aromatic rings. The third kappa shape index (κ3) is 2.38. The zero-order valence-electron chi connectivity index (χ0n) is 15.5. The largest absolute Gasteiger partial charge is 0.456 e. The second kappa shape index (κ2) is 6.00. The first-order valence-corrected chi connectivity index (χ1v) is 8.83. The molecule has 0 aliphatic carbocycles. The zero-order valence-corrected chi connectivity index (χ0v) is 15.5. The molecule has 0 saturated heterocycles. The molecule has 3 heteroatoms. The van der Waals surface area contributed by atoms with Crippen LogP contribution in [0.5, 0.6) is 0 Å². The Balaban J connectivity index is 2.17. The van der Waals surface area contributed by atoms with Gasteiger partial charge in [-0.15, -0.1) is 0 Å². The first-order chi connectivity index (χ1) is 12.5. The van der Waals surface area contributed by atoms with E-state index >= 15 is 0 Å². The van der Waals surface area contributed by atoms with Crippen LogP contribution in [0.25, 0.3) is 38.0 Å². The van der Waals surface area contributed by atoms with Crippen molar-refractivity contribution >= 4 is 27.6 Å². The van der Waals surface area contributed by atoms with Crippen LogP contribution in [0.1, 0.15) is 30.9 Å². The van der Waals surface area contributed by atoms with Crippen LogP contribution >= 0.6 is 0 Å². The van der Waals surface area contributed by atoms with E-state index in [0.717, 1.165) is 38.8 Å². The van der Waals surface area contributed by atoms with Gasteiger partial charge in [-0.1, -0.05) is 19.9 Å². The standard InChI is InChI=1S/C23H21N2O/c1-14(2)16-13-21-17(12-18(16)24-4)23-20(26-21)10-9-15(3)22(23)19-8-6-7-11-25(19)5/h6-14H,1-3,5H3/q+1. The minimum atomic E-state index is 0.282. The van der Waals surface area contributed by atoms with Crippen molar-refractivity contribution in [2.24, 2.45) is 7.05 Å². The maximum atomic E-state index is 7.60. The molecule has 128 valence electrons. The number of rotatable bonds is 2. The van der Waals surface area contributed by atoms with Gasteiger partial charge in [0.15, 0.2) is 11.9 Å². The number of fused-ring (bicyclic) bond motifs is 3. The van der Waals surface area contributed by atoms with Crippen molar-refractivity contribution in [3.8, 4) is 11.3 Å². The summed E-state index contributed by atoms with van der Waals surface area (Å²) in [6, 6.07) is 14.4. The number of hydrogen-bond acceptors (Lipinski definition) is 1. The van der Waals surface area contributed by atoms with Crippen LogP contribution in [0, 0.1) is 13.5 Å². The molecule has 0 spiro atoms. The molecule has 0 fully saturated rings. The minimum Gasteiger partial charge on any atom is -0.456 e. The maximum Gasteiger partial charge on any atom is 0.213 e. The third-order valence-corrected chi connectivity index (χ3v) is 5.05.